The molecule has 0 aliphatic carbocycles. The molecule has 0 bridgehead atoms. The first-order chi connectivity index (χ1) is 11.5. The molecule has 0 radical (unpaired) electrons. The molecule has 0 aliphatic rings. The van der Waals surface area contributed by atoms with E-state index < -0.39 is 6.09 Å². The minimum absolute atomic E-state index is 0.141. The Labute approximate surface area is 144 Å². The van der Waals surface area contributed by atoms with Crippen LogP contribution >= 0.6 is 11.3 Å². The van der Waals surface area contributed by atoms with Crippen LogP contribution in [-0.4, -0.2) is 28.6 Å². The number of hydrogen-bond acceptors (Lipinski definition) is 6. The lowest BCUT2D eigenvalue weighted by atomic mass is 10.2. The van der Waals surface area contributed by atoms with Crippen molar-refractivity contribution in [2.45, 2.75) is 26.8 Å². The number of ether oxygens (including phenoxy) is 1. The van der Waals surface area contributed by atoms with E-state index in [1.807, 2.05) is 26.0 Å². The van der Waals surface area contributed by atoms with Crippen molar-refractivity contribution in [2.24, 2.45) is 5.92 Å². The van der Waals surface area contributed by atoms with Crippen LogP contribution < -0.4 is 10.6 Å². The molecule has 2 rings (SSSR count). The fourth-order valence-electron chi connectivity index (χ4n) is 1.74. The molecule has 2 aromatic rings. The van der Waals surface area contributed by atoms with Gasteiger partial charge < -0.3 is 10.1 Å². The van der Waals surface area contributed by atoms with Gasteiger partial charge >= 0.3 is 6.09 Å². The number of rotatable bonds is 7. The monoisotopic (exact) mass is 348 g/mol. The third-order valence-electron chi connectivity index (χ3n) is 2.86. The van der Waals surface area contributed by atoms with Crippen LogP contribution in [0.3, 0.4) is 0 Å². The van der Waals surface area contributed by atoms with E-state index >= 15 is 0 Å². The van der Waals surface area contributed by atoms with Gasteiger partial charge in [-0.3, -0.25) is 15.1 Å². The van der Waals surface area contributed by atoms with E-state index in [0.717, 1.165) is 5.56 Å². The molecule has 2 amide bonds. The number of aromatic nitrogens is 2. The van der Waals surface area contributed by atoms with Crippen LogP contribution in [0, 0.1) is 5.92 Å². The van der Waals surface area contributed by atoms with Gasteiger partial charge in [-0.1, -0.05) is 19.9 Å². The van der Waals surface area contributed by atoms with Gasteiger partial charge in [0, 0.05) is 24.3 Å². The van der Waals surface area contributed by atoms with E-state index in [0.29, 0.717) is 24.0 Å². The highest BCUT2D eigenvalue weighted by molar-refractivity contribution is 7.13. The van der Waals surface area contributed by atoms with Crippen LogP contribution in [0.25, 0.3) is 0 Å². The molecule has 24 heavy (non-hydrogen) atoms. The van der Waals surface area contributed by atoms with Gasteiger partial charge in [0.05, 0.1) is 18.7 Å². The summed E-state index contributed by atoms with van der Waals surface area (Å²) in [6.07, 6.45) is 3.00. The van der Waals surface area contributed by atoms with Gasteiger partial charge in [0.15, 0.2) is 5.13 Å². The quantitative estimate of drug-likeness (QED) is 0.802. The summed E-state index contributed by atoms with van der Waals surface area (Å²) in [7, 11) is 0. The molecule has 7 nitrogen and oxygen atoms in total. The maximum Gasteiger partial charge on any atom is 0.413 e. The Balaban J connectivity index is 1.76. The summed E-state index contributed by atoms with van der Waals surface area (Å²) in [4.78, 5) is 31.7. The van der Waals surface area contributed by atoms with Crippen LogP contribution in [-0.2, 0) is 22.5 Å². The molecule has 2 aromatic heterocycles. The highest BCUT2D eigenvalue weighted by atomic mass is 32.1. The Morgan fingerprint density at radius 1 is 1.38 bits per heavy atom. The fraction of sp³-hybridized carbons (Fsp3) is 0.375. The van der Waals surface area contributed by atoms with Gasteiger partial charge in [-0.2, -0.15) is 0 Å². The highest BCUT2D eigenvalue weighted by Crippen LogP contribution is 2.16. The van der Waals surface area contributed by atoms with Crippen molar-refractivity contribution in [2.75, 3.05) is 11.9 Å². The molecule has 0 aliphatic heterocycles. The number of anilines is 1. The number of pyridine rings is 1. The van der Waals surface area contributed by atoms with Crippen molar-refractivity contribution >= 4 is 28.5 Å². The average molecular weight is 348 g/mol. The summed E-state index contributed by atoms with van der Waals surface area (Å²) in [6, 6.07) is 3.71. The van der Waals surface area contributed by atoms with Crippen molar-refractivity contribution in [1.29, 1.82) is 0 Å². The topological polar surface area (TPSA) is 93.2 Å². The Hall–Kier alpha value is -2.48. The summed E-state index contributed by atoms with van der Waals surface area (Å²) in [5.41, 5.74) is 1.53. The van der Waals surface area contributed by atoms with E-state index in [9.17, 15) is 9.59 Å². The number of carbonyl (C=O) groups is 2. The molecular formula is C16H20N4O3S. The smallest absolute Gasteiger partial charge is 0.413 e. The molecule has 0 aromatic carbocycles. The third kappa shape index (κ3) is 6.33. The first kappa shape index (κ1) is 17.9. The van der Waals surface area contributed by atoms with E-state index in [-0.39, 0.29) is 18.2 Å². The van der Waals surface area contributed by atoms with Crippen molar-refractivity contribution in [3.05, 3.63) is 41.2 Å². The minimum Gasteiger partial charge on any atom is -0.449 e. The lowest BCUT2D eigenvalue weighted by Crippen LogP contribution is -2.24. The number of nitrogens with one attached hydrogen (secondary N) is 2. The average Bonchev–Trinajstić information content (AvgIpc) is 2.99. The van der Waals surface area contributed by atoms with Gasteiger partial charge in [0.1, 0.15) is 0 Å². The SMILES string of the molecule is CC(C)COC(=O)Nc1nc(CC(=O)NCc2cccnc2)cs1. The summed E-state index contributed by atoms with van der Waals surface area (Å²) >= 11 is 1.26. The molecule has 2 N–H and O–H groups in total. The molecule has 8 heteroatoms. The predicted octanol–water partition coefficient (Wildman–Crippen LogP) is 2.60. The molecule has 2 heterocycles. The highest BCUT2D eigenvalue weighted by Gasteiger charge is 2.11. The zero-order chi connectivity index (χ0) is 17.4. The van der Waals surface area contributed by atoms with Gasteiger partial charge in [0.2, 0.25) is 5.91 Å². The molecule has 0 saturated carbocycles. The maximum atomic E-state index is 11.9. The van der Waals surface area contributed by atoms with E-state index in [1.54, 1.807) is 17.8 Å². The molecule has 0 unspecified atom stereocenters. The second-order valence-corrected chi connectivity index (χ2v) is 6.43. The first-order valence-electron chi connectivity index (χ1n) is 7.56. The second kappa shape index (κ2) is 8.97. The first-order valence-corrected chi connectivity index (χ1v) is 8.44. The molecular weight excluding hydrogens is 328 g/mol. The predicted molar refractivity (Wildman–Crippen MR) is 91.7 cm³/mol. The lowest BCUT2D eigenvalue weighted by molar-refractivity contribution is -0.120. The lowest BCUT2D eigenvalue weighted by Gasteiger charge is -2.06. The number of amides is 2. The summed E-state index contributed by atoms with van der Waals surface area (Å²) in [5, 5.41) is 7.51. The molecule has 128 valence electrons. The van der Waals surface area contributed by atoms with Crippen LogP contribution in [0.4, 0.5) is 9.93 Å². The van der Waals surface area contributed by atoms with Crippen molar-refractivity contribution in [3.63, 3.8) is 0 Å². The van der Waals surface area contributed by atoms with Crippen LogP contribution in [0.15, 0.2) is 29.9 Å². The number of hydrogen-bond donors (Lipinski definition) is 2. The van der Waals surface area contributed by atoms with E-state index in [2.05, 4.69) is 20.6 Å². The zero-order valence-corrected chi connectivity index (χ0v) is 14.4. The third-order valence-corrected chi connectivity index (χ3v) is 3.67. The Morgan fingerprint density at radius 3 is 2.92 bits per heavy atom. The standard InChI is InChI=1S/C16H20N4O3S/c1-11(2)9-23-16(22)20-15-19-13(10-24-15)6-14(21)18-8-12-4-3-5-17-7-12/h3-5,7,10-11H,6,8-9H2,1-2H3,(H,18,21)(H,19,20,22). The maximum absolute atomic E-state index is 11.9. The molecule has 0 fully saturated rings. The molecule has 0 atom stereocenters. The van der Waals surface area contributed by atoms with Gasteiger partial charge in [-0.15, -0.1) is 11.3 Å². The van der Waals surface area contributed by atoms with Crippen LogP contribution in [0.2, 0.25) is 0 Å². The van der Waals surface area contributed by atoms with Gasteiger partial charge in [-0.25, -0.2) is 9.78 Å². The largest absolute Gasteiger partial charge is 0.449 e. The summed E-state index contributed by atoms with van der Waals surface area (Å²) in [6.45, 7) is 4.68. The van der Waals surface area contributed by atoms with Crippen molar-refractivity contribution in [1.82, 2.24) is 15.3 Å². The van der Waals surface area contributed by atoms with E-state index in [4.69, 9.17) is 4.74 Å². The Morgan fingerprint density at radius 2 is 2.21 bits per heavy atom. The Kier molecular flexibility index (Phi) is 6.68. The zero-order valence-electron chi connectivity index (χ0n) is 13.6. The molecule has 0 spiro atoms. The fourth-order valence-corrected chi connectivity index (χ4v) is 2.44. The summed E-state index contributed by atoms with van der Waals surface area (Å²) < 4.78 is 5.02. The van der Waals surface area contributed by atoms with Crippen LogP contribution in [0.5, 0.6) is 0 Å². The van der Waals surface area contributed by atoms with Crippen molar-refractivity contribution < 1.29 is 14.3 Å². The summed E-state index contributed by atoms with van der Waals surface area (Å²) in [5.74, 6) is 0.129. The van der Waals surface area contributed by atoms with Crippen LogP contribution in [0.1, 0.15) is 25.1 Å². The second-order valence-electron chi connectivity index (χ2n) is 5.58. The Bertz CT molecular complexity index is 673. The van der Waals surface area contributed by atoms with E-state index in [1.165, 1.54) is 11.3 Å². The number of nitrogens with zero attached hydrogens (tertiary/aromatic N) is 2. The normalized spacial score (nSPS) is 10.5. The van der Waals surface area contributed by atoms with Gasteiger partial charge in [0.25, 0.3) is 0 Å². The minimum atomic E-state index is -0.536. The van der Waals surface area contributed by atoms with Gasteiger partial charge in [-0.05, 0) is 17.5 Å². The number of thiazole rings is 1. The number of carbonyl (C=O) groups excluding carboxylic acids is 2. The molecule has 0 saturated heterocycles. The van der Waals surface area contributed by atoms with Crippen molar-refractivity contribution in [3.8, 4) is 0 Å².